The molecule has 1 aliphatic rings. The molecule has 1 aromatic carbocycles. The van der Waals surface area contributed by atoms with Crippen LogP contribution in [0.25, 0.3) is 0 Å². The molecule has 0 spiro atoms. The van der Waals surface area contributed by atoms with Gasteiger partial charge in [-0.1, -0.05) is 6.07 Å². The van der Waals surface area contributed by atoms with Crippen molar-refractivity contribution in [1.29, 1.82) is 0 Å². The first kappa shape index (κ1) is 17.8. The van der Waals surface area contributed by atoms with Gasteiger partial charge in [0.25, 0.3) is 5.91 Å². The summed E-state index contributed by atoms with van der Waals surface area (Å²) < 4.78 is 9.78. The Bertz CT molecular complexity index is 629. The zero-order chi connectivity index (χ0) is 17.7. The molecular weight excluding hydrogens is 314 g/mol. The number of carbonyl (C=O) groups is 3. The number of ether oxygens (including phenoxy) is 2. The van der Waals surface area contributed by atoms with E-state index >= 15 is 0 Å². The normalized spacial score (nSPS) is 20.3. The maximum atomic E-state index is 12.7. The van der Waals surface area contributed by atoms with Crippen LogP contribution in [0.15, 0.2) is 24.3 Å². The highest BCUT2D eigenvalue weighted by atomic mass is 16.6. The third kappa shape index (κ3) is 4.04. The first-order chi connectivity index (χ1) is 11.4. The second-order valence-corrected chi connectivity index (χ2v) is 5.72. The summed E-state index contributed by atoms with van der Waals surface area (Å²) in [6.07, 6.45) is 1.23. The summed E-state index contributed by atoms with van der Waals surface area (Å²) in [6.45, 7) is 2.04. The molecule has 1 fully saturated rings. The van der Waals surface area contributed by atoms with E-state index in [-0.39, 0.29) is 18.6 Å². The second kappa shape index (κ2) is 7.81. The topological polar surface area (TPSA) is 93.1 Å². The number of carboxylic acids is 1. The summed E-state index contributed by atoms with van der Waals surface area (Å²) in [7, 11) is 1.27. The van der Waals surface area contributed by atoms with E-state index in [0.717, 1.165) is 0 Å². The molecular formula is C17H21NO6. The number of likely N-dealkylation sites (tertiary alicyclic amines) is 1. The van der Waals surface area contributed by atoms with E-state index in [9.17, 15) is 19.5 Å². The monoisotopic (exact) mass is 335 g/mol. The first-order valence-corrected chi connectivity index (χ1v) is 7.77. The fourth-order valence-corrected chi connectivity index (χ4v) is 2.85. The van der Waals surface area contributed by atoms with Crippen molar-refractivity contribution in [2.75, 3.05) is 20.3 Å². The number of piperidine rings is 1. The number of carbonyl (C=O) groups excluding carboxylic acids is 2. The standard InChI is InChI=1S/C17H21NO6/c1-11-14(17(21)22)7-4-8-18(11)16(20)12-5-3-6-13(9-12)24-10-15(19)23-2/h3,5-6,9,11,14H,4,7-8,10H2,1-2H3,(H,21,22)/t11-,14-/m0/s1. The molecule has 1 saturated heterocycles. The highest BCUT2D eigenvalue weighted by molar-refractivity contribution is 5.95. The maximum absolute atomic E-state index is 12.7. The molecule has 0 bridgehead atoms. The lowest BCUT2D eigenvalue weighted by molar-refractivity contribution is -0.145. The predicted octanol–water partition coefficient (Wildman–Crippen LogP) is 1.56. The van der Waals surface area contributed by atoms with Crippen molar-refractivity contribution in [3.63, 3.8) is 0 Å². The number of benzene rings is 1. The average molecular weight is 335 g/mol. The number of methoxy groups -OCH3 is 1. The average Bonchev–Trinajstić information content (AvgIpc) is 2.59. The number of nitrogens with zero attached hydrogens (tertiary/aromatic N) is 1. The second-order valence-electron chi connectivity index (χ2n) is 5.72. The minimum absolute atomic E-state index is 0.239. The van der Waals surface area contributed by atoms with Crippen LogP contribution in [0, 0.1) is 5.92 Å². The Morgan fingerprint density at radius 3 is 2.75 bits per heavy atom. The highest BCUT2D eigenvalue weighted by Crippen LogP contribution is 2.26. The molecule has 0 aliphatic carbocycles. The molecule has 1 N–H and O–H groups in total. The molecule has 0 saturated carbocycles. The lowest BCUT2D eigenvalue weighted by Gasteiger charge is -2.37. The fraction of sp³-hybridized carbons (Fsp3) is 0.471. The number of aliphatic carboxylic acids is 1. The fourth-order valence-electron chi connectivity index (χ4n) is 2.85. The van der Waals surface area contributed by atoms with Gasteiger partial charge in [-0.3, -0.25) is 9.59 Å². The number of hydrogen-bond donors (Lipinski definition) is 1. The Balaban J connectivity index is 2.11. The zero-order valence-electron chi connectivity index (χ0n) is 13.7. The highest BCUT2D eigenvalue weighted by Gasteiger charge is 2.35. The Labute approximate surface area is 140 Å². The summed E-state index contributed by atoms with van der Waals surface area (Å²) >= 11 is 0. The van der Waals surface area contributed by atoms with Crippen molar-refractivity contribution >= 4 is 17.8 Å². The Hall–Kier alpha value is -2.57. The van der Waals surface area contributed by atoms with E-state index in [1.165, 1.54) is 7.11 Å². The van der Waals surface area contributed by atoms with Gasteiger partial charge in [0, 0.05) is 18.2 Å². The quantitative estimate of drug-likeness (QED) is 0.821. The van der Waals surface area contributed by atoms with Crippen LogP contribution in [-0.4, -0.2) is 54.2 Å². The molecule has 1 amide bonds. The molecule has 0 unspecified atom stereocenters. The van der Waals surface area contributed by atoms with Crippen molar-refractivity contribution in [1.82, 2.24) is 4.90 Å². The summed E-state index contributed by atoms with van der Waals surface area (Å²) in [6, 6.07) is 6.11. The molecule has 130 valence electrons. The summed E-state index contributed by atoms with van der Waals surface area (Å²) in [5.74, 6) is -1.81. The lowest BCUT2D eigenvalue weighted by Crippen LogP contribution is -2.49. The predicted molar refractivity (Wildman–Crippen MR) is 84.8 cm³/mol. The van der Waals surface area contributed by atoms with Crippen LogP contribution in [0.3, 0.4) is 0 Å². The van der Waals surface area contributed by atoms with E-state index in [1.807, 2.05) is 0 Å². The van der Waals surface area contributed by atoms with Gasteiger partial charge in [-0.15, -0.1) is 0 Å². The number of esters is 1. The third-order valence-corrected chi connectivity index (χ3v) is 4.23. The molecule has 0 aromatic heterocycles. The molecule has 2 rings (SSSR count). The lowest BCUT2D eigenvalue weighted by atomic mass is 9.90. The minimum atomic E-state index is -0.879. The van der Waals surface area contributed by atoms with Crippen LogP contribution in [-0.2, 0) is 14.3 Å². The molecule has 7 nitrogen and oxygen atoms in total. The number of rotatable bonds is 5. The number of hydrogen-bond acceptors (Lipinski definition) is 5. The van der Waals surface area contributed by atoms with Crippen LogP contribution < -0.4 is 4.74 Å². The van der Waals surface area contributed by atoms with E-state index < -0.39 is 17.9 Å². The van der Waals surface area contributed by atoms with Crippen LogP contribution in [0.2, 0.25) is 0 Å². The van der Waals surface area contributed by atoms with Crippen LogP contribution in [0.1, 0.15) is 30.1 Å². The van der Waals surface area contributed by atoms with Crippen molar-refractivity contribution < 1.29 is 29.0 Å². The smallest absolute Gasteiger partial charge is 0.343 e. The van der Waals surface area contributed by atoms with Crippen LogP contribution in [0.5, 0.6) is 5.75 Å². The van der Waals surface area contributed by atoms with Gasteiger partial charge >= 0.3 is 11.9 Å². The SMILES string of the molecule is COC(=O)COc1cccc(C(=O)N2CCC[C@H](C(=O)O)[C@@H]2C)c1. The largest absolute Gasteiger partial charge is 0.482 e. The molecule has 2 atom stereocenters. The van der Waals surface area contributed by atoms with Gasteiger partial charge in [0.2, 0.25) is 0 Å². The van der Waals surface area contributed by atoms with Gasteiger partial charge in [-0.05, 0) is 38.0 Å². The maximum Gasteiger partial charge on any atom is 0.343 e. The van der Waals surface area contributed by atoms with Gasteiger partial charge in [-0.25, -0.2) is 4.79 Å². The van der Waals surface area contributed by atoms with Gasteiger partial charge < -0.3 is 19.5 Å². The van der Waals surface area contributed by atoms with Gasteiger partial charge in [0.05, 0.1) is 13.0 Å². The van der Waals surface area contributed by atoms with Crippen molar-refractivity contribution in [2.45, 2.75) is 25.8 Å². The van der Waals surface area contributed by atoms with E-state index in [2.05, 4.69) is 4.74 Å². The van der Waals surface area contributed by atoms with Gasteiger partial charge in [0.1, 0.15) is 5.75 Å². The minimum Gasteiger partial charge on any atom is -0.482 e. The number of carboxylic acid groups (broad SMARTS) is 1. The molecule has 1 heterocycles. The number of amides is 1. The third-order valence-electron chi connectivity index (χ3n) is 4.23. The van der Waals surface area contributed by atoms with E-state index in [1.54, 1.807) is 36.1 Å². The van der Waals surface area contributed by atoms with Crippen molar-refractivity contribution in [2.24, 2.45) is 5.92 Å². The van der Waals surface area contributed by atoms with Crippen LogP contribution >= 0.6 is 0 Å². The van der Waals surface area contributed by atoms with Crippen LogP contribution in [0.4, 0.5) is 0 Å². The molecule has 7 heteroatoms. The van der Waals surface area contributed by atoms with Crippen molar-refractivity contribution in [3.05, 3.63) is 29.8 Å². The van der Waals surface area contributed by atoms with E-state index in [0.29, 0.717) is 30.7 Å². The summed E-state index contributed by atoms with van der Waals surface area (Å²) in [5.41, 5.74) is 0.398. The van der Waals surface area contributed by atoms with E-state index in [4.69, 9.17) is 4.74 Å². The zero-order valence-corrected chi connectivity index (χ0v) is 13.7. The molecule has 24 heavy (non-hydrogen) atoms. The van der Waals surface area contributed by atoms with Crippen molar-refractivity contribution in [3.8, 4) is 5.75 Å². The van der Waals surface area contributed by atoms with Gasteiger partial charge in [0.15, 0.2) is 6.61 Å². The molecule has 1 aromatic rings. The Kier molecular flexibility index (Phi) is 5.78. The summed E-state index contributed by atoms with van der Waals surface area (Å²) in [4.78, 5) is 36.7. The molecule has 1 aliphatic heterocycles. The summed E-state index contributed by atoms with van der Waals surface area (Å²) in [5, 5.41) is 9.27. The molecule has 0 radical (unpaired) electrons. The Morgan fingerprint density at radius 2 is 2.08 bits per heavy atom. The van der Waals surface area contributed by atoms with Gasteiger partial charge in [-0.2, -0.15) is 0 Å². The Morgan fingerprint density at radius 1 is 1.33 bits per heavy atom. The first-order valence-electron chi connectivity index (χ1n) is 7.77.